The first-order chi connectivity index (χ1) is 11.8. The van der Waals surface area contributed by atoms with Gasteiger partial charge in [-0.25, -0.2) is 4.98 Å². The maximum absolute atomic E-state index is 12.1. The van der Waals surface area contributed by atoms with Crippen LogP contribution in [0.15, 0.2) is 47.9 Å². The van der Waals surface area contributed by atoms with E-state index in [0.29, 0.717) is 24.8 Å². The summed E-state index contributed by atoms with van der Waals surface area (Å²) in [6.07, 6.45) is 8.58. The molecule has 1 amide bonds. The van der Waals surface area contributed by atoms with Gasteiger partial charge < -0.3 is 5.32 Å². The first-order valence-corrected chi connectivity index (χ1v) is 9.61. The summed E-state index contributed by atoms with van der Waals surface area (Å²) in [6.45, 7) is 0.678. The molecule has 1 aromatic carbocycles. The highest BCUT2D eigenvalue weighted by molar-refractivity contribution is 7.09. The van der Waals surface area contributed by atoms with E-state index in [1.165, 1.54) is 12.8 Å². The Morgan fingerprint density at radius 2 is 2.08 bits per heavy atom. The van der Waals surface area contributed by atoms with E-state index in [2.05, 4.69) is 40.0 Å². The largest absolute Gasteiger partial charge is 0.356 e. The third kappa shape index (κ3) is 3.44. The van der Waals surface area contributed by atoms with Crippen molar-refractivity contribution in [2.75, 3.05) is 6.54 Å². The minimum absolute atomic E-state index is 0.195. The lowest BCUT2D eigenvalue weighted by atomic mass is 9.90. The van der Waals surface area contributed by atoms with Crippen molar-refractivity contribution in [1.82, 2.24) is 10.3 Å². The molecular weight excluding hydrogens is 316 g/mol. The standard InChI is InChI=1S/C20H22N2OS/c23-19(12-17-11-14-6-7-16(17)10-14)21-9-8-20-22-18(13-24-20)15-4-2-1-3-5-15/h1-7,13-14,16-17H,8-12H2,(H,21,23)/t14-,16+,17+/m1/s1. The summed E-state index contributed by atoms with van der Waals surface area (Å²) < 4.78 is 0. The number of carbonyl (C=O) groups is 1. The maximum Gasteiger partial charge on any atom is 0.220 e. The van der Waals surface area contributed by atoms with Crippen LogP contribution in [0, 0.1) is 17.8 Å². The highest BCUT2D eigenvalue weighted by atomic mass is 32.1. The highest BCUT2D eigenvalue weighted by Crippen LogP contribution is 2.44. The first kappa shape index (κ1) is 15.6. The van der Waals surface area contributed by atoms with Crippen LogP contribution in [0.1, 0.15) is 24.3 Å². The number of benzene rings is 1. The number of nitrogens with one attached hydrogen (secondary N) is 1. The SMILES string of the molecule is O=C(C[C@@H]1C[C@@H]2C=C[C@H]1C2)NCCc1nc(-c2ccccc2)cs1. The summed E-state index contributed by atoms with van der Waals surface area (Å²) in [7, 11) is 0. The van der Waals surface area contributed by atoms with Crippen molar-refractivity contribution in [3.8, 4) is 11.3 Å². The van der Waals surface area contributed by atoms with Crippen molar-refractivity contribution in [3.05, 3.63) is 52.9 Å². The van der Waals surface area contributed by atoms with Gasteiger partial charge in [0.15, 0.2) is 0 Å². The minimum atomic E-state index is 0.195. The molecule has 0 radical (unpaired) electrons. The molecule has 0 aliphatic heterocycles. The quantitative estimate of drug-likeness (QED) is 0.807. The Balaban J connectivity index is 1.23. The van der Waals surface area contributed by atoms with Gasteiger partial charge in [0.2, 0.25) is 5.91 Å². The number of rotatable bonds is 6. The Morgan fingerprint density at radius 1 is 1.21 bits per heavy atom. The molecule has 0 unspecified atom stereocenters. The fraction of sp³-hybridized carbons (Fsp3) is 0.400. The van der Waals surface area contributed by atoms with E-state index < -0.39 is 0 Å². The zero-order valence-electron chi connectivity index (χ0n) is 13.7. The highest BCUT2D eigenvalue weighted by Gasteiger charge is 2.36. The van der Waals surface area contributed by atoms with Gasteiger partial charge in [-0.05, 0) is 30.6 Å². The number of amides is 1. The van der Waals surface area contributed by atoms with E-state index in [9.17, 15) is 4.79 Å². The monoisotopic (exact) mass is 338 g/mol. The van der Waals surface area contributed by atoms with Crippen LogP contribution in [0.5, 0.6) is 0 Å². The lowest BCUT2D eigenvalue weighted by molar-refractivity contribution is -0.122. The van der Waals surface area contributed by atoms with Crippen LogP contribution in [0.25, 0.3) is 11.3 Å². The predicted octanol–water partition coefficient (Wildman–Crippen LogP) is 4.07. The topological polar surface area (TPSA) is 42.0 Å². The molecule has 4 heteroatoms. The lowest BCUT2D eigenvalue weighted by Gasteiger charge is -2.17. The zero-order chi connectivity index (χ0) is 16.4. The molecule has 1 N–H and O–H groups in total. The molecule has 3 nitrogen and oxygen atoms in total. The van der Waals surface area contributed by atoms with E-state index in [1.807, 2.05) is 18.2 Å². The van der Waals surface area contributed by atoms with Gasteiger partial charge in [0.1, 0.15) is 0 Å². The Kier molecular flexibility index (Phi) is 4.48. The molecule has 124 valence electrons. The van der Waals surface area contributed by atoms with Gasteiger partial charge in [-0.3, -0.25) is 4.79 Å². The lowest BCUT2D eigenvalue weighted by Crippen LogP contribution is -2.28. The number of carbonyl (C=O) groups excluding carboxylic acids is 1. The average Bonchev–Trinajstić information content (AvgIpc) is 3.32. The number of nitrogens with zero attached hydrogens (tertiary/aromatic N) is 1. The molecule has 1 saturated carbocycles. The zero-order valence-corrected chi connectivity index (χ0v) is 14.5. The van der Waals surface area contributed by atoms with Gasteiger partial charge >= 0.3 is 0 Å². The molecule has 1 heterocycles. The number of allylic oxidation sites excluding steroid dienone is 2. The molecule has 4 rings (SSSR count). The number of thiazole rings is 1. The molecule has 1 aromatic heterocycles. The number of hydrogen-bond acceptors (Lipinski definition) is 3. The second-order valence-corrected chi connectivity index (χ2v) is 7.78. The van der Waals surface area contributed by atoms with Gasteiger partial charge in [0, 0.05) is 30.3 Å². The third-order valence-electron chi connectivity index (χ3n) is 5.15. The Morgan fingerprint density at radius 3 is 2.83 bits per heavy atom. The Bertz CT molecular complexity index is 737. The van der Waals surface area contributed by atoms with Crippen molar-refractivity contribution in [2.24, 2.45) is 17.8 Å². The van der Waals surface area contributed by atoms with Crippen LogP contribution in [-0.2, 0) is 11.2 Å². The van der Waals surface area contributed by atoms with Crippen LogP contribution in [0.3, 0.4) is 0 Å². The maximum atomic E-state index is 12.1. The molecule has 0 spiro atoms. The van der Waals surface area contributed by atoms with Gasteiger partial charge in [-0.15, -0.1) is 11.3 Å². The van der Waals surface area contributed by atoms with E-state index in [-0.39, 0.29) is 5.91 Å². The van der Waals surface area contributed by atoms with Gasteiger partial charge in [-0.1, -0.05) is 42.5 Å². The molecule has 2 aliphatic rings. The predicted molar refractivity (Wildman–Crippen MR) is 97.7 cm³/mol. The van der Waals surface area contributed by atoms with E-state index >= 15 is 0 Å². The Labute approximate surface area is 146 Å². The van der Waals surface area contributed by atoms with Gasteiger partial charge in [0.25, 0.3) is 0 Å². The van der Waals surface area contributed by atoms with E-state index in [4.69, 9.17) is 0 Å². The van der Waals surface area contributed by atoms with Crippen LogP contribution in [-0.4, -0.2) is 17.4 Å². The van der Waals surface area contributed by atoms with Crippen LogP contribution in [0.2, 0.25) is 0 Å². The Hall–Kier alpha value is -1.94. The summed E-state index contributed by atoms with van der Waals surface area (Å²) in [5, 5.41) is 6.24. The summed E-state index contributed by atoms with van der Waals surface area (Å²) >= 11 is 1.67. The molecule has 3 atom stereocenters. The van der Waals surface area contributed by atoms with E-state index in [0.717, 1.165) is 28.6 Å². The fourth-order valence-corrected chi connectivity index (χ4v) is 4.72. The first-order valence-electron chi connectivity index (χ1n) is 8.73. The fourth-order valence-electron chi connectivity index (χ4n) is 3.92. The molecule has 1 fully saturated rings. The van der Waals surface area contributed by atoms with Crippen molar-refractivity contribution in [2.45, 2.75) is 25.7 Å². The number of fused-ring (bicyclic) bond motifs is 2. The van der Waals surface area contributed by atoms with E-state index in [1.54, 1.807) is 11.3 Å². The summed E-state index contributed by atoms with van der Waals surface area (Å²) in [6, 6.07) is 10.2. The minimum Gasteiger partial charge on any atom is -0.356 e. The molecule has 2 aliphatic carbocycles. The van der Waals surface area contributed by atoms with Crippen LogP contribution >= 0.6 is 11.3 Å². The van der Waals surface area contributed by atoms with Crippen molar-refractivity contribution in [1.29, 1.82) is 0 Å². The summed E-state index contributed by atoms with van der Waals surface area (Å²) in [4.78, 5) is 16.8. The van der Waals surface area contributed by atoms with Crippen molar-refractivity contribution < 1.29 is 4.79 Å². The van der Waals surface area contributed by atoms with Crippen molar-refractivity contribution in [3.63, 3.8) is 0 Å². The number of hydrogen-bond donors (Lipinski definition) is 1. The second-order valence-electron chi connectivity index (χ2n) is 6.84. The third-order valence-corrected chi connectivity index (χ3v) is 6.05. The molecule has 24 heavy (non-hydrogen) atoms. The summed E-state index contributed by atoms with van der Waals surface area (Å²) in [5.41, 5.74) is 2.17. The molecule has 0 saturated heterocycles. The normalized spacial score (nSPS) is 24.4. The van der Waals surface area contributed by atoms with Crippen LogP contribution in [0.4, 0.5) is 0 Å². The molecular formula is C20H22N2OS. The number of aromatic nitrogens is 1. The van der Waals surface area contributed by atoms with Crippen molar-refractivity contribution >= 4 is 17.2 Å². The molecule has 2 aromatic rings. The van der Waals surface area contributed by atoms with Gasteiger partial charge in [0.05, 0.1) is 10.7 Å². The van der Waals surface area contributed by atoms with Crippen LogP contribution < -0.4 is 5.32 Å². The molecule has 2 bridgehead atoms. The van der Waals surface area contributed by atoms with Gasteiger partial charge in [-0.2, -0.15) is 0 Å². The smallest absolute Gasteiger partial charge is 0.220 e. The average molecular weight is 338 g/mol. The summed E-state index contributed by atoms with van der Waals surface area (Å²) in [5.74, 6) is 2.14. The second kappa shape index (κ2) is 6.89.